The van der Waals surface area contributed by atoms with Crippen LogP contribution in [0.25, 0.3) is 11.0 Å². The quantitative estimate of drug-likeness (QED) is 0.470. The zero-order valence-corrected chi connectivity index (χ0v) is 15.9. The Balaban J connectivity index is 1.57. The summed E-state index contributed by atoms with van der Waals surface area (Å²) < 4.78 is 24.1. The highest BCUT2D eigenvalue weighted by Crippen LogP contribution is 2.22. The molecule has 3 atom stereocenters. The fourth-order valence-electron chi connectivity index (χ4n) is 3.34. The third kappa shape index (κ3) is 4.97. The average molecular weight is 394 g/mol. The van der Waals surface area contributed by atoms with Crippen molar-refractivity contribution in [3.05, 3.63) is 36.1 Å². The topological polar surface area (TPSA) is 118 Å². The molecule has 1 amide bonds. The lowest BCUT2D eigenvalue weighted by atomic mass is 9.76. The zero-order valence-electron chi connectivity index (χ0n) is 15.0. The van der Waals surface area contributed by atoms with E-state index in [1.54, 1.807) is 16.8 Å². The molecule has 0 radical (unpaired) electrons. The van der Waals surface area contributed by atoms with Crippen LogP contribution in [0, 0.1) is 0 Å². The molecule has 0 bridgehead atoms. The first-order valence-electron chi connectivity index (χ1n) is 8.80. The number of ether oxygens (including phenoxy) is 1. The lowest BCUT2D eigenvalue weighted by molar-refractivity contribution is 0.123. The molecule has 3 unspecified atom stereocenters. The van der Waals surface area contributed by atoms with E-state index in [1.165, 1.54) is 0 Å². The van der Waals surface area contributed by atoms with Gasteiger partial charge in [-0.2, -0.15) is 0 Å². The second kappa shape index (κ2) is 8.98. The molecule has 3 rings (SSSR count). The number of rotatable bonds is 7. The molecule has 1 aromatic heterocycles. The van der Waals surface area contributed by atoms with Gasteiger partial charge >= 0.3 is 13.2 Å². The third-order valence-electron chi connectivity index (χ3n) is 4.72. The standard InChI is InChI=1S/C17H23BN2O6S/c1-27(24)20-8-4-5-13(20)11-26-17(21)19-16(18(22)23)9-12-10-25-15-7-3-2-6-14(12)15/h2-3,6-7,10,13,16,22-23H,4-5,8-9,11H2,1H3,(H,19,21). The molecular formula is C17H23BN2O6S. The van der Waals surface area contributed by atoms with Gasteiger partial charge in [-0.1, -0.05) is 18.2 Å². The van der Waals surface area contributed by atoms with Crippen molar-refractivity contribution in [2.45, 2.75) is 31.2 Å². The Bertz CT molecular complexity index is 771. The van der Waals surface area contributed by atoms with E-state index in [-0.39, 0.29) is 19.1 Å². The first-order chi connectivity index (χ1) is 13.0. The van der Waals surface area contributed by atoms with Crippen LogP contribution in [-0.2, 0) is 22.5 Å². The molecule has 27 heavy (non-hydrogen) atoms. The second-order valence-electron chi connectivity index (χ2n) is 6.58. The molecule has 1 aliphatic heterocycles. The van der Waals surface area contributed by atoms with Crippen molar-refractivity contribution < 1.29 is 28.5 Å². The van der Waals surface area contributed by atoms with Crippen molar-refractivity contribution in [1.29, 1.82) is 0 Å². The summed E-state index contributed by atoms with van der Waals surface area (Å²) >= 11 is -1.11. The molecule has 1 aliphatic rings. The van der Waals surface area contributed by atoms with Crippen molar-refractivity contribution in [2.24, 2.45) is 0 Å². The second-order valence-corrected chi connectivity index (χ2v) is 7.90. The molecule has 146 valence electrons. The van der Waals surface area contributed by atoms with Crippen LogP contribution >= 0.6 is 0 Å². The number of nitrogens with one attached hydrogen (secondary N) is 1. The number of benzene rings is 1. The number of fused-ring (bicyclic) bond motifs is 1. The van der Waals surface area contributed by atoms with Gasteiger partial charge in [-0.15, -0.1) is 4.31 Å². The summed E-state index contributed by atoms with van der Waals surface area (Å²) in [5.74, 6) is -0.946. The third-order valence-corrected chi connectivity index (χ3v) is 5.87. The van der Waals surface area contributed by atoms with Gasteiger partial charge in [0.2, 0.25) is 0 Å². The van der Waals surface area contributed by atoms with E-state index in [2.05, 4.69) is 5.32 Å². The highest BCUT2D eigenvalue weighted by atomic mass is 32.2. The Labute approximate surface area is 160 Å². The van der Waals surface area contributed by atoms with Crippen LogP contribution in [0.15, 0.2) is 34.9 Å². The van der Waals surface area contributed by atoms with Gasteiger partial charge < -0.3 is 29.1 Å². The Kier molecular flexibility index (Phi) is 6.66. The molecule has 10 heteroatoms. The molecule has 2 heterocycles. The predicted octanol–water partition coefficient (Wildman–Crippen LogP) is 0.840. The largest absolute Gasteiger partial charge is 0.598 e. The fraction of sp³-hybridized carbons (Fsp3) is 0.471. The number of hydrogen-bond acceptors (Lipinski definition) is 7. The number of carbonyl (C=O) groups excluding carboxylic acids is 1. The number of furan rings is 1. The van der Waals surface area contributed by atoms with E-state index in [1.807, 2.05) is 24.3 Å². The monoisotopic (exact) mass is 394 g/mol. The number of nitrogens with zero attached hydrogens (tertiary/aromatic N) is 1. The first-order valence-corrected chi connectivity index (χ1v) is 10.3. The van der Waals surface area contributed by atoms with Gasteiger partial charge in [-0.3, -0.25) is 0 Å². The lowest BCUT2D eigenvalue weighted by Gasteiger charge is -2.23. The number of carbonyl (C=O) groups is 1. The Morgan fingerprint density at radius 1 is 1.52 bits per heavy atom. The molecule has 8 nitrogen and oxygen atoms in total. The van der Waals surface area contributed by atoms with Crippen LogP contribution in [0.1, 0.15) is 18.4 Å². The van der Waals surface area contributed by atoms with Gasteiger partial charge in [-0.05, 0) is 30.9 Å². The normalized spacial score (nSPS) is 19.8. The average Bonchev–Trinajstić information content (AvgIpc) is 3.26. The van der Waals surface area contributed by atoms with E-state index >= 15 is 0 Å². The summed E-state index contributed by atoms with van der Waals surface area (Å²) in [5, 5.41) is 22.6. The minimum absolute atomic E-state index is 0.0862. The molecule has 0 saturated carbocycles. The number of hydrogen-bond donors (Lipinski definition) is 3. The first kappa shape index (κ1) is 20.0. The molecule has 3 N–H and O–H groups in total. The molecule has 0 spiro atoms. The minimum atomic E-state index is -1.75. The van der Waals surface area contributed by atoms with Crippen LogP contribution < -0.4 is 5.32 Å². The molecule has 1 fully saturated rings. The van der Waals surface area contributed by atoms with Gasteiger partial charge in [0.15, 0.2) is 0 Å². The highest BCUT2D eigenvalue weighted by molar-refractivity contribution is 7.88. The van der Waals surface area contributed by atoms with Crippen LogP contribution in [0.5, 0.6) is 0 Å². The maximum Gasteiger partial charge on any atom is 0.475 e. The predicted molar refractivity (Wildman–Crippen MR) is 102 cm³/mol. The summed E-state index contributed by atoms with van der Waals surface area (Å²) in [6.07, 6.45) is 4.29. The van der Waals surface area contributed by atoms with Gasteiger partial charge in [0, 0.05) is 23.3 Å². The summed E-state index contributed by atoms with van der Waals surface area (Å²) in [7, 11) is -1.75. The summed E-state index contributed by atoms with van der Waals surface area (Å²) in [6.45, 7) is 0.818. The van der Waals surface area contributed by atoms with E-state index in [0.717, 1.165) is 23.8 Å². The smallest absolute Gasteiger partial charge is 0.475 e. The summed E-state index contributed by atoms with van der Waals surface area (Å²) in [5.41, 5.74) is 1.45. The van der Waals surface area contributed by atoms with Crippen LogP contribution in [0.4, 0.5) is 4.79 Å². The number of para-hydroxylation sites is 1. The van der Waals surface area contributed by atoms with Crippen LogP contribution in [0.3, 0.4) is 0 Å². The van der Waals surface area contributed by atoms with E-state index in [0.29, 0.717) is 12.1 Å². The van der Waals surface area contributed by atoms with Crippen LogP contribution in [0.2, 0.25) is 0 Å². The molecular weight excluding hydrogens is 371 g/mol. The Hall–Kier alpha value is -1.72. The van der Waals surface area contributed by atoms with Crippen LogP contribution in [-0.4, -0.2) is 63.5 Å². The van der Waals surface area contributed by atoms with E-state index < -0.39 is 30.5 Å². The SMILES string of the molecule is C[S+]([O-])N1CCCC1COC(=O)NC(Cc1coc2ccccc12)B(O)O. The van der Waals surface area contributed by atoms with Crippen molar-refractivity contribution >= 4 is 35.5 Å². The Morgan fingerprint density at radius 3 is 3.04 bits per heavy atom. The maximum atomic E-state index is 12.1. The van der Waals surface area contributed by atoms with Gasteiger partial charge in [0.25, 0.3) is 0 Å². The molecule has 2 aromatic rings. The molecule has 1 saturated heterocycles. The van der Waals surface area contributed by atoms with E-state index in [9.17, 15) is 19.4 Å². The molecule has 0 aliphatic carbocycles. The van der Waals surface area contributed by atoms with E-state index in [4.69, 9.17) is 9.15 Å². The van der Waals surface area contributed by atoms with Crippen molar-refractivity contribution in [3.63, 3.8) is 0 Å². The summed E-state index contributed by atoms with van der Waals surface area (Å²) in [4.78, 5) is 12.1. The lowest BCUT2D eigenvalue weighted by Crippen LogP contribution is -2.48. The fourth-order valence-corrected chi connectivity index (χ4v) is 4.31. The van der Waals surface area contributed by atoms with Crippen molar-refractivity contribution in [2.75, 3.05) is 19.4 Å². The molecule has 1 aromatic carbocycles. The Morgan fingerprint density at radius 2 is 2.30 bits per heavy atom. The van der Waals surface area contributed by atoms with Gasteiger partial charge in [0.05, 0.1) is 18.2 Å². The van der Waals surface area contributed by atoms with Gasteiger partial charge in [0.1, 0.15) is 18.4 Å². The summed E-state index contributed by atoms with van der Waals surface area (Å²) in [6, 6.07) is 7.30. The highest BCUT2D eigenvalue weighted by Gasteiger charge is 2.33. The minimum Gasteiger partial charge on any atom is -0.598 e. The number of alkyl carbamates (subject to hydrolysis) is 1. The number of amides is 1. The van der Waals surface area contributed by atoms with Crippen molar-refractivity contribution in [1.82, 2.24) is 9.62 Å². The van der Waals surface area contributed by atoms with Gasteiger partial charge in [-0.25, -0.2) is 4.79 Å². The maximum absolute atomic E-state index is 12.1. The van der Waals surface area contributed by atoms with Crippen molar-refractivity contribution in [3.8, 4) is 0 Å². The zero-order chi connectivity index (χ0) is 19.4.